The third-order valence-corrected chi connectivity index (χ3v) is 6.07. The SMILES string of the molecule is CCC(C)(C)C(=O)OCC12CC3CC(CC(C3)C1=O)C2. The quantitative estimate of drug-likeness (QED) is 0.741. The van der Waals surface area contributed by atoms with Crippen LogP contribution >= 0.6 is 0 Å². The first kappa shape index (κ1) is 14.1. The molecule has 0 heterocycles. The van der Waals surface area contributed by atoms with Gasteiger partial charge in [0.1, 0.15) is 12.4 Å². The zero-order valence-corrected chi connectivity index (χ0v) is 12.9. The summed E-state index contributed by atoms with van der Waals surface area (Å²) in [6.45, 7) is 6.16. The Morgan fingerprint density at radius 1 is 1.25 bits per heavy atom. The summed E-state index contributed by atoms with van der Waals surface area (Å²) in [5.74, 6) is 1.90. The molecule has 0 aromatic heterocycles. The van der Waals surface area contributed by atoms with Crippen LogP contribution in [0.4, 0.5) is 0 Å². The second-order valence-corrected chi connectivity index (χ2v) is 8.00. The van der Waals surface area contributed by atoms with E-state index >= 15 is 0 Å². The molecule has 0 aliphatic heterocycles. The maximum absolute atomic E-state index is 12.6. The highest BCUT2D eigenvalue weighted by molar-refractivity contribution is 5.89. The number of ether oxygens (including phenoxy) is 1. The number of Topliss-reactive ketones (excluding diaryl/α,β-unsaturated/α-hetero) is 1. The molecule has 112 valence electrons. The zero-order valence-electron chi connectivity index (χ0n) is 12.9. The monoisotopic (exact) mass is 278 g/mol. The van der Waals surface area contributed by atoms with E-state index in [9.17, 15) is 9.59 Å². The number of ketones is 1. The lowest BCUT2D eigenvalue weighted by Crippen LogP contribution is -2.55. The van der Waals surface area contributed by atoms with Crippen LogP contribution in [-0.4, -0.2) is 18.4 Å². The first-order chi connectivity index (χ1) is 9.36. The number of hydrogen-bond acceptors (Lipinski definition) is 3. The van der Waals surface area contributed by atoms with Crippen molar-refractivity contribution < 1.29 is 14.3 Å². The van der Waals surface area contributed by atoms with E-state index in [-0.39, 0.29) is 17.3 Å². The molecule has 4 aliphatic carbocycles. The van der Waals surface area contributed by atoms with Crippen LogP contribution in [0.1, 0.15) is 59.3 Å². The van der Waals surface area contributed by atoms with Gasteiger partial charge in [0.2, 0.25) is 0 Å². The van der Waals surface area contributed by atoms with Gasteiger partial charge in [-0.15, -0.1) is 0 Å². The molecule has 0 aromatic rings. The average molecular weight is 278 g/mol. The van der Waals surface area contributed by atoms with E-state index in [0.29, 0.717) is 24.2 Å². The summed E-state index contributed by atoms with van der Waals surface area (Å²) in [4.78, 5) is 24.8. The molecule has 0 saturated heterocycles. The molecule has 0 amide bonds. The Hall–Kier alpha value is -0.860. The molecule has 4 bridgehead atoms. The highest BCUT2D eigenvalue weighted by atomic mass is 16.5. The van der Waals surface area contributed by atoms with Crippen LogP contribution in [0, 0.1) is 28.6 Å². The molecule has 4 fully saturated rings. The summed E-state index contributed by atoms with van der Waals surface area (Å²) < 4.78 is 5.59. The van der Waals surface area contributed by atoms with Crippen LogP contribution < -0.4 is 0 Å². The van der Waals surface area contributed by atoms with Crippen LogP contribution in [0.3, 0.4) is 0 Å². The van der Waals surface area contributed by atoms with Gasteiger partial charge in [-0.3, -0.25) is 9.59 Å². The molecule has 3 heteroatoms. The number of rotatable bonds is 4. The van der Waals surface area contributed by atoms with E-state index in [4.69, 9.17) is 4.74 Å². The van der Waals surface area contributed by atoms with Gasteiger partial charge in [0.15, 0.2) is 0 Å². The topological polar surface area (TPSA) is 43.4 Å². The summed E-state index contributed by atoms with van der Waals surface area (Å²) in [6, 6.07) is 0. The standard InChI is InChI=1S/C17H26O3/c1-4-16(2,3)15(19)20-10-17-8-11-5-12(9-17)7-13(6-11)14(17)18/h11-13H,4-10H2,1-3H3. The first-order valence-corrected chi connectivity index (χ1v) is 8.08. The van der Waals surface area contributed by atoms with Gasteiger partial charge in [-0.1, -0.05) is 6.92 Å². The van der Waals surface area contributed by atoms with Crippen LogP contribution in [0.25, 0.3) is 0 Å². The average Bonchev–Trinajstić information content (AvgIpc) is 2.41. The van der Waals surface area contributed by atoms with Crippen molar-refractivity contribution >= 4 is 11.8 Å². The van der Waals surface area contributed by atoms with Crippen LogP contribution in [0.2, 0.25) is 0 Å². The maximum atomic E-state index is 12.6. The molecule has 0 spiro atoms. The minimum atomic E-state index is -0.439. The van der Waals surface area contributed by atoms with Gasteiger partial charge in [0.05, 0.1) is 10.8 Å². The van der Waals surface area contributed by atoms with Crippen molar-refractivity contribution in [1.29, 1.82) is 0 Å². The Labute approximate surface area is 121 Å². The largest absolute Gasteiger partial charge is 0.464 e. The van der Waals surface area contributed by atoms with Crippen LogP contribution in [-0.2, 0) is 14.3 Å². The third kappa shape index (κ3) is 2.10. The lowest BCUT2D eigenvalue weighted by atomic mass is 9.49. The summed E-state index contributed by atoms with van der Waals surface area (Å²) in [5, 5.41) is 0. The van der Waals surface area contributed by atoms with Crippen molar-refractivity contribution in [2.75, 3.05) is 6.61 Å². The summed E-state index contributed by atoms with van der Waals surface area (Å²) in [5.41, 5.74) is -0.764. The molecule has 2 atom stereocenters. The minimum Gasteiger partial charge on any atom is -0.464 e. The smallest absolute Gasteiger partial charge is 0.311 e. The third-order valence-electron chi connectivity index (χ3n) is 6.07. The number of hydrogen-bond donors (Lipinski definition) is 0. The van der Waals surface area contributed by atoms with Gasteiger partial charge in [0.25, 0.3) is 0 Å². The maximum Gasteiger partial charge on any atom is 0.311 e. The summed E-state index contributed by atoms with van der Waals surface area (Å²) in [7, 11) is 0. The second kappa shape index (κ2) is 4.57. The first-order valence-electron chi connectivity index (χ1n) is 8.08. The van der Waals surface area contributed by atoms with Gasteiger partial charge in [-0.25, -0.2) is 0 Å². The zero-order chi connectivity index (χ0) is 14.5. The Bertz CT molecular complexity index is 424. The molecular formula is C17H26O3. The molecule has 0 N–H and O–H groups in total. The van der Waals surface area contributed by atoms with Gasteiger partial charge in [0, 0.05) is 5.92 Å². The van der Waals surface area contributed by atoms with Gasteiger partial charge in [-0.05, 0) is 64.2 Å². The van der Waals surface area contributed by atoms with Crippen LogP contribution in [0.15, 0.2) is 0 Å². The van der Waals surface area contributed by atoms with E-state index in [1.54, 1.807) is 0 Å². The van der Waals surface area contributed by atoms with E-state index in [1.807, 2.05) is 20.8 Å². The van der Waals surface area contributed by atoms with Crippen molar-refractivity contribution in [1.82, 2.24) is 0 Å². The molecule has 2 unspecified atom stereocenters. The molecular weight excluding hydrogens is 252 g/mol. The Balaban J connectivity index is 1.70. The van der Waals surface area contributed by atoms with E-state index in [1.165, 1.54) is 6.42 Å². The molecule has 20 heavy (non-hydrogen) atoms. The van der Waals surface area contributed by atoms with Crippen molar-refractivity contribution in [2.24, 2.45) is 28.6 Å². The van der Waals surface area contributed by atoms with E-state index < -0.39 is 5.41 Å². The molecule has 4 saturated carbocycles. The lowest BCUT2D eigenvalue weighted by molar-refractivity contribution is -0.171. The number of esters is 1. The highest BCUT2D eigenvalue weighted by Crippen LogP contribution is 2.58. The van der Waals surface area contributed by atoms with Crippen molar-refractivity contribution in [2.45, 2.75) is 59.3 Å². The van der Waals surface area contributed by atoms with Crippen LogP contribution in [0.5, 0.6) is 0 Å². The highest BCUT2D eigenvalue weighted by Gasteiger charge is 2.57. The van der Waals surface area contributed by atoms with E-state index in [0.717, 1.165) is 32.1 Å². The summed E-state index contributed by atoms with van der Waals surface area (Å²) in [6.07, 6.45) is 6.15. The Kier molecular flexibility index (Phi) is 3.22. The molecule has 4 aliphatic rings. The fourth-order valence-electron chi connectivity index (χ4n) is 4.67. The fourth-order valence-corrected chi connectivity index (χ4v) is 4.67. The van der Waals surface area contributed by atoms with E-state index in [2.05, 4.69) is 0 Å². The second-order valence-electron chi connectivity index (χ2n) is 8.00. The van der Waals surface area contributed by atoms with Gasteiger partial charge >= 0.3 is 5.97 Å². The molecule has 0 radical (unpaired) electrons. The summed E-state index contributed by atoms with van der Waals surface area (Å²) >= 11 is 0. The number of carbonyl (C=O) groups excluding carboxylic acids is 2. The lowest BCUT2D eigenvalue weighted by Gasteiger charge is -2.54. The fraction of sp³-hybridized carbons (Fsp3) is 0.882. The normalized spacial score (nSPS) is 39.1. The van der Waals surface area contributed by atoms with Gasteiger partial charge < -0.3 is 4.74 Å². The molecule has 0 aromatic carbocycles. The molecule has 4 rings (SSSR count). The number of carbonyl (C=O) groups is 2. The minimum absolute atomic E-state index is 0.149. The van der Waals surface area contributed by atoms with Crippen molar-refractivity contribution in [3.8, 4) is 0 Å². The predicted molar refractivity (Wildman–Crippen MR) is 76.0 cm³/mol. The van der Waals surface area contributed by atoms with Gasteiger partial charge in [-0.2, -0.15) is 0 Å². The Morgan fingerprint density at radius 2 is 1.85 bits per heavy atom. The molecule has 3 nitrogen and oxygen atoms in total. The predicted octanol–water partition coefficient (Wildman–Crippen LogP) is 3.36. The Morgan fingerprint density at radius 3 is 2.40 bits per heavy atom. The van der Waals surface area contributed by atoms with Crippen molar-refractivity contribution in [3.63, 3.8) is 0 Å². The van der Waals surface area contributed by atoms with Crippen molar-refractivity contribution in [3.05, 3.63) is 0 Å².